The Morgan fingerprint density at radius 2 is 1.95 bits per heavy atom. The zero-order valence-corrected chi connectivity index (χ0v) is 16.0. The summed E-state index contributed by atoms with van der Waals surface area (Å²) in [4.78, 5) is 10.4. The molecule has 4 heteroatoms. The molecule has 0 aliphatic carbocycles. The summed E-state index contributed by atoms with van der Waals surface area (Å²) in [5.74, 6) is 4.52. The molecular formula is C18H32O3Si. The molecule has 0 fully saturated rings. The van der Waals surface area contributed by atoms with E-state index in [-0.39, 0.29) is 17.6 Å². The average molecular weight is 325 g/mol. The lowest BCUT2D eigenvalue weighted by atomic mass is 10.1. The minimum absolute atomic E-state index is 0.0755. The zero-order chi connectivity index (χ0) is 17.2. The molecule has 3 nitrogen and oxygen atoms in total. The molecule has 0 aromatic carbocycles. The van der Waals surface area contributed by atoms with Gasteiger partial charge in [0.05, 0.1) is 6.10 Å². The highest BCUT2D eigenvalue weighted by Gasteiger charge is 2.38. The summed E-state index contributed by atoms with van der Waals surface area (Å²) in [6.45, 7) is 13.4. The topological polar surface area (TPSA) is 46.5 Å². The summed E-state index contributed by atoms with van der Waals surface area (Å²) in [5.41, 5.74) is 0. The molecule has 0 saturated carbocycles. The van der Waals surface area contributed by atoms with Crippen LogP contribution >= 0.6 is 0 Å². The molecule has 0 aromatic heterocycles. The van der Waals surface area contributed by atoms with Crippen LogP contribution in [0.2, 0.25) is 18.1 Å². The first-order valence-electron chi connectivity index (χ1n) is 8.15. The molecule has 0 heterocycles. The van der Waals surface area contributed by atoms with Crippen LogP contribution in [0, 0.1) is 11.8 Å². The standard InChI is InChI=1S/C18H32O3Si/c1-7-8-10-13-16(14-11-9-12-15-17(19)20)21-22(5,6)18(2,3)4/h11,14,16H,7-8,10,13,15H2,1-6H3,(H,19,20)/b14-11+. The average Bonchev–Trinajstić information content (AvgIpc) is 2.36. The second kappa shape index (κ2) is 9.86. The van der Waals surface area contributed by atoms with Gasteiger partial charge < -0.3 is 9.53 Å². The number of allylic oxidation sites excluding steroid dienone is 1. The smallest absolute Gasteiger partial charge is 0.315 e. The minimum Gasteiger partial charge on any atom is -0.481 e. The van der Waals surface area contributed by atoms with E-state index in [9.17, 15) is 4.79 Å². The number of unbranched alkanes of at least 4 members (excludes halogenated alkanes) is 2. The molecule has 0 bridgehead atoms. The van der Waals surface area contributed by atoms with Gasteiger partial charge >= 0.3 is 5.97 Å². The van der Waals surface area contributed by atoms with Crippen LogP contribution < -0.4 is 0 Å². The van der Waals surface area contributed by atoms with Crippen LogP contribution in [0.5, 0.6) is 0 Å². The van der Waals surface area contributed by atoms with E-state index in [1.54, 1.807) is 6.08 Å². The summed E-state index contributed by atoms with van der Waals surface area (Å²) in [7, 11) is -1.81. The highest BCUT2D eigenvalue weighted by Crippen LogP contribution is 2.37. The summed E-state index contributed by atoms with van der Waals surface area (Å²) < 4.78 is 6.44. The van der Waals surface area contributed by atoms with Crippen molar-refractivity contribution in [1.29, 1.82) is 0 Å². The normalized spacial score (nSPS) is 13.7. The third-order valence-corrected chi connectivity index (χ3v) is 8.58. The van der Waals surface area contributed by atoms with Crippen LogP contribution in [0.15, 0.2) is 12.2 Å². The van der Waals surface area contributed by atoms with E-state index in [2.05, 4.69) is 52.6 Å². The Kier molecular flexibility index (Phi) is 9.39. The number of hydrogen-bond donors (Lipinski definition) is 1. The quantitative estimate of drug-likeness (QED) is 0.388. The van der Waals surface area contributed by atoms with Gasteiger partial charge in [0.1, 0.15) is 6.42 Å². The fraction of sp³-hybridized carbons (Fsp3) is 0.722. The highest BCUT2D eigenvalue weighted by atomic mass is 28.4. The fourth-order valence-electron chi connectivity index (χ4n) is 1.69. The Morgan fingerprint density at radius 1 is 1.32 bits per heavy atom. The number of carboxylic acid groups (broad SMARTS) is 1. The fourth-order valence-corrected chi connectivity index (χ4v) is 2.99. The molecule has 0 saturated heterocycles. The van der Waals surface area contributed by atoms with E-state index in [1.807, 2.05) is 6.08 Å². The van der Waals surface area contributed by atoms with Crippen molar-refractivity contribution in [1.82, 2.24) is 0 Å². The molecule has 0 amide bonds. The molecule has 126 valence electrons. The maximum atomic E-state index is 10.4. The molecular weight excluding hydrogens is 292 g/mol. The van der Waals surface area contributed by atoms with Crippen molar-refractivity contribution in [2.75, 3.05) is 0 Å². The Bertz CT molecular complexity index is 422. The Morgan fingerprint density at radius 3 is 2.45 bits per heavy atom. The van der Waals surface area contributed by atoms with Gasteiger partial charge in [-0.2, -0.15) is 0 Å². The van der Waals surface area contributed by atoms with Gasteiger partial charge in [-0.1, -0.05) is 58.8 Å². The van der Waals surface area contributed by atoms with Crippen LogP contribution in [-0.4, -0.2) is 25.5 Å². The summed E-state index contributed by atoms with van der Waals surface area (Å²) in [5, 5.41) is 8.74. The molecule has 1 N–H and O–H groups in total. The van der Waals surface area contributed by atoms with Crippen LogP contribution in [0.25, 0.3) is 0 Å². The van der Waals surface area contributed by atoms with E-state index < -0.39 is 14.3 Å². The minimum atomic E-state index is -1.81. The van der Waals surface area contributed by atoms with Gasteiger partial charge in [0.2, 0.25) is 0 Å². The molecule has 1 unspecified atom stereocenters. The third kappa shape index (κ3) is 9.06. The van der Waals surface area contributed by atoms with Gasteiger partial charge in [-0.15, -0.1) is 0 Å². The first-order chi connectivity index (χ1) is 10.1. The molecule has 0 spiro atoms. The lowest BCUT2D eigenvalue weighted by molar-refractivity contribution is -0.135. The lowest BCUT2D eigenvalue weighted by Crippen LogP contribution is -2.43. The maximum absolute atomic E-state index is 10.4. The molecule has 0 radical (unpaired) electrons. The molecule has 0 aromatic rings. The zero-order valence-electron chi connectivity index (χ0n) is 15.0. The van der Waals surface area contributed by atoms with E-state index in [0.717, 1.165) is 12.8 Å². The van der Waals surface area contributed by atoms with Crippen LogP contribution in [-0.2, 0) is 9.22 Å². The van der Waals surface area contributed by atoms with Gasteiger partial charge in [0.25, 0.3) is 0 Å². The van der Waals surface area contributed by atoms with Crippen molar-refractivity contribution in [3.8, 4) is 11.8 Å². The second-order valence-electron chi connectivity index (χ2n) is 7.16. The highest BCUT2D eigenvalue weighted by molar-refractivity contribution is 6.74. The number of carbonyl (C=O) groups is 1. The van der Waals surface area contributed by atoms with Gasteiger partial charge in [0, 0.05) is 0 Å². The monoisotopic (exact) mass is 324 g/mol. The van der Waals surface area contributed by atoms with Crippen LogP contribution in [0.3, 0.4) is 0 Å². The van der Waals surface area contributed by atoms with Gasteiger partial charge in [-0.25, -0.2) is 0 Å². The summed E-state index contributed by atoms with van der Waals surface area (Å²) in [6, 6.07) is 0. The Balaban J connectivity index is 4.77. The molecule has 0 rings (SSSR count). The van der Waals surface area contributed by atoms with E-state index in [0.29, 0.717) is 0 Å². The molecule has 1 atom stereocenters. The van der Waals surface area contributed by atoms with Crippen molar-refractivity contribution >= 4 is 14.3 Å². The van der Waals surface area contributed by atoms with Crippen molar-refractivity contribution in [2.24, 2.45) is 0 Å². The number of carboxylic acids is 1. The maximum Gasteiger partial charge on any atom is 0.315 e. The predicted molar refractivity (Wildman–Crippen MR) is 95.4 cm³/mol. The van der Waals surface area contributed by atoms with E-state index in [1.165, 1.54) is 12.8 Å². The Labute approximate surface area is 137 Å². The lowest BCUT2D eigenvalue weighted by Gasteiger charge is -2.38. The SMILES string of the molecule is CCCCCC(/C=C/C#CCC(=O)O)O[Si](C)(C)C(C)(C)C. The largest absolute Gasteiger partial charge is 0.481 e. The van der Waals surface area contributed by atoms with Crippen molar-refractivity contribution in [2.45, 2.75) is 84.0 Å². The van der Waals surface area contributed by atoms with Gasteiger partial charge in [-0.3, -0.25) is 4.79 Å². The predicted octanol–water partition coefficient (Wildman–Crippen LogP) is 4.99. The summed E-state index contributed by atoms with van der Waals surface area (Å²) >= 11 is 0. The number of aliphatic carboxylic acids is 1. The first kappa shape index (κ1) is 20.9. The molecule has 0 aliphatic heterocycles. The second-order valence-corrected chi connectivity index (χ2v) is 11.9. The Hall–Kier alpha value is -1.05. The molecule has 22 heavy (non-hydrogen) atoms. The van der Waals surface area contributed by atoms with Gasteiger partial charge in [0.15, 0.2) is 8.32 Å². The van der Waals surface area contributed by atoms with Crippen molar-refractivity contribution in [3.63, 3.8) is 0 Å². The van der Waals surface area contributed by atoms with Crippen molar-refractivity contribution < 1.29 is 14.3 Å². The number of hydrogen-bond acceptors (Lipinski definition) is 2. The number of rotatable bonds is 8. The van der Waals surface area contributed by atoms with Crippen LogP contribution in [0.1, 0.15) is 59.8 Å². The third-order valence-electron chi connectivity index (χ3n) is 4.08. The van der Waals surface area contributed by atoms with E-state index >= 15 is 0 Å². The van der Waals surface area contributed by atoms with Crippen molar-refractivity contribution in [3.05, 3.63) is 12.2 Å². The summed E-state index contributed by atoms with van der Waals surface area (Å²) in [6.07, 6.45) is 8.22. The van der Waals surface area contributed by atoms with E-state index in [4.69, 9.17) is 9.53 Å². The molecule has 0 aliphatic rings. The first-order valence-corrected chi connectivity index (χ1v) is 11.1. The van der Waals surface area contributed by atoms with Crippen LogP contribution in [0.4, 0.5) is 0 Å². The van der Waals surface area contributed by atoms with Gasteiger partial charge in [-0.05, 0) is 36.7 Å².